The maximum atomic E-state index is 13.0. The molecule has 0 aliphatic carbocycles. The van der Waals surface area contributed by atoms with Gasteiger partial charge in [-0.05, 0) is 47.5 Å². The molecule has 3 amide bonds. The quantitative estimate of drug-likeness (QED) is 0.0805. The number of pyridine rings is 1. The molecule has 12 nitrogen and oxygen atoms in total. The van der Waals surface area contributed by atoms with E-state index < -0.39 is 5.91 Å². The van der Waals surface area contributed by atoms with Gasteiger partial charge in [0.15, 0.2) is 5.96 Å². The topological polar surface area (TPSA) is 172 Å². The van der Waals surface area contributed by atoms with Crippen molar-refractivity contribution in [1.29, 1.82) is 5.41 Å². The summed E-state index contributed by atoms with van der Waals surface area (Å²) in [5, 5.41) is 19.2. The Balaban J connectivity index is 1.17. The highest BCUT2D eigenvalue weighted by atomic mass is 16.2. The van der Waals surface area contributed by atoms with E-state index in [1.54, 1.807) is 59.9 Å². The van der Waals surface area contributed by atoms with Crippen LogP contribution in [0, 0.1) is 5.41 Å². The van der Waals surface area contributed by atoms with Gasteiger partial charge in [-0.25, -0.2) is 0 Å². The average Bonchev–Trinajstić information content (AvgIpc) is 3.58. The van der Waals surface area contributed by atoms with Gasteiger partial charge in [0.2, 0.25) is 0 Å². The van der Waals surface area contributed by atoms with Crippen LogP contribution in [0.1, 0.15) is 42.5 Å². The summed E-state index contributed by atoms with van der Waals surface area (Å²) >= 11 is 0. The molecule has 0 fully saturated rings. The molecule has 0 atom stereocenters. The minimum absolute atomic E-state index is 0.176. The van der Waals surface area contributed by atoms with Gasteiger partial charge in [-0.1, -0.05) is 42.5 Å². The number of aromatic nitrogens is 3. The van der Waals surface area contributed by atoms with E-state index in [1.165, 1.54) is 0 Å². The van der Waals surface area contributed by atoms with Crippen molar-refractivity contribution >= 4 is 58.1 Å². The van der Waals surface area contributed by atoms with E-state index in [9.17, 15) is 14.4 Å². The molecule has 228 valence electrons. The van der Waals surface area contributed by atoms with Crippen molar-refractivity contribution in [1.82, 2.24) is 24.8 Å². The first kappa shape index (κ1) is 30.3. The maximum Gasteiger partial charge on any atom is 0.272 e. The van der Waals surface area contributed by atoms with Crippen LogP contribution >= 0.6 is 0 Å². The maximum absolute atomic E-state index is 13.0. The molecule has 5 rings (SSSR count). The summed E-state index contributed by atoms with van der Waals surface area (Å²) in [4.78, 5) is 42.9. The predicted octanol–water partition coefficient (Wildman–Crippen LogP) is 3.80. The van der Waals surface area contributed by atoms with E-state index in [2.05, 4.69) is 32.3 Å². The fraction of sp³-hybridized carbons (Fsp3) is 0.121. The zero-order valence-electron chi connectivity index (χ0n) is 24.8. The Morgan fingerprint density at radius 1 is 0.778 bits per heavy atom. The highest BCUT2D eigenvalue weighted by Crippen LogP contribution is 2.19. The van der Waals surface area contributed by atoms with Crippen molar-refractivity contribution < 1.29 is 14.4 Å². The standard InChI is InChI=1S/C33H33N9O3/c1-41-20-26(16-28(41)31(44)36-13-14-37-33(34)35)40-32(45)29-17-25(19-42(29)2)39-30(43)23-11-9-21(10-12-23)7-8-22-15-24-5-3-4-6-27(24)38-18-22/h3-12,15-20H,13-14H2,1-2H3,(H,36,44)(H,39,43)(H,40,45)(H4,34,35,37)/b8-7+. The second kappa shape index (κ2) is 13.4. The predicted molar refractivity (Wildman–Crippen MR) is 176 cm³/mol. The zero-order valence-corrected chi connectivity index (χ0v) is 24.8. The third-order valence-electron chi connectivity index (χ3n) is 6.97. The summed E-state index contributed by atoms with van der Waals surface area (Å²) in [6.07, 6.45) is 9.05. The number of carbonyl (C=O) groups is 3. The van der Waals surface area contributed by atoms with Crippen LogP contribution in [0.15, 0.2) is 85.3 Å². The third-order valence-corrected chi connectivity index (χ3v) is 6.97. The second-order valence-electron chi connectivity index (χ2n) is 10.4. The minimum atomic E-state index is -0.404. The summed E-state index contributed by atoms with van der Waals surface area (Å²) in [6.45, 7) is 0.587. The number of nitrogens with two attached hydrogens (primary N) is 1. The molecule has 3 heterocycles. The van der Waals surface area contributed by atoms with Gasteiger partial charge in [0.25, 0.3) is 17.7 Å². The Bertz CT molecular complexity index is 1920. The number of benzene rings is 2. The number of aryl methyl sites for hydroxylation is 2. The molecule has 3 aromatic heterocycles. The smallest absolute Gasteiger partial charge is 0.272 e. The molecule has 0 aliphatic rings. The normalized spacial score (nSPS) is 11.0. The number of hydrogen-bond acceptors (Lipinski definition) is 5. The number of nitrogens with zero attached hydrogens (tertiary/aromatic N) is 3. The monoisotopic (exact) mass is 603 g/mol. The summed E-state index contributed by atoms with van der Waals surface area (Å²) in [5.74, 6) is -1.22. The Kier molecular flexibility index (Phi) is 9.04. The lowest BCUT2D eigenvalue weighted by Gasteiger charge is -2.06. The number of amides is 3. The molecule has 45 heavy (non-hydrogen) atoms. The lowest BCUT2D eigenvalue weighted by molar-refractivity contribution is 0.0944. The number of nitrogens with one attached hydrogen (secondary N) is 5. The highest BCUT2D eigenvalue weighted by Gasteiger charge is 2.17. The van der Waals surface area contributed by atoms with Crippen LogP contribution in [0.2, 0.25) is 0 Å². The molecule has 12 heteroatoms. The molecule has 0 saturated heterocycles. The van der Waals surface area contributed by atoms with E-state index in [4.69, 9.17) is 11.1 Å². The van der Waals surface area contributed by atoms with E-state index in [0.717, 1.165) is 22.0 Å². The summed E-state index contributed by atoms with van der Waals surface area (Å²) in [6, 6.07) is 20.4. The van der Waals surface area contributed by atoms with Crippen LogP contribution in [0.4, 0.5) is 11.4 Å². The van der Waals surface area contributed by atoms with Crippen molar-refractivity contribution in [2.45, 2.75) is 0 Å². The summed E-state index contributed by atoms with van der Waals surface area (Å²) in [7, 11) is 3.40. The van der Waals surface area contributed by atoms with Crippen LogP contribution < -0.4 is 27.0 Å². The molecule has 0 saturated carbocycles. The summed E-state index contributed by atoms with van der Waals surface area (Å²) in [5.41, 5.74) is 10.1. The molecule has 7 N–H and O–H groups in total. The Morgan fingerprint density at radius 3 is 2.07 bits per heavy atom. The first-order valence-corrected chi connectivity index (χ1v) is 14.1. The van der Waals surface area contributed by atoms with E-state index >= 15 is 0 Å². The number of anilines is 2. The zero-order chi connectivity index (χ0) is 31.9. The van der Waals surface area contributed by atoms with Gasteiger partial charge in [-0.2, -0.15) is 0 Å². The Hall–Kier alpha value is -6.17. The number of carbonyl (C=O) groups excluding carboxylic acids is 3. The number of guanidine groups is 1. The molecule has 2 aromatic carbocycles. The van der Waals surface area contributed by atoms with Crippen LogP contribution in [0.5, 0.6) is 0 Å². The van der Waals surface area contributed by atoms with Gasteiger partial charge in [0.1, 0.15) is 11.4 Å². The largest absolute Gasteiger partial charge is 0.370 e. The number of hydrogen-bond donors (Lipinski definition) is 6. The number of para-hydroxylation sites is 1. The fourth-order valence-electron chi connectivity index (χ4n) is 4.70. The van der Waals surface area contributed by atoms with Crippen molar-refractivity contribution in [3.05, 3.63) is 113 Å². The van der Waals surface area contributed by atoms with Gasteiger partial charge >= 0.3 is 0 Å². The molecule has 0 unspecified atom stereocenters. The highest BCUT2D eigenvalue weighted by molar-refractivity contribution is 6.07. The second-order valence-corrected chi connectivity index (χ2v) is 10.4. The van der Waals surface area contributed by atoms with Crippen LogP contribution in [0.25, 0.3) is 23.1 Å². The van der Waals surface area contributed by atoms with E-state index in [0.29, 0.717) is 34.9 Å². The Labute approximate surface area is 259 Å². The molecule has 5 aromatic rings. The molecule has 0 radical (unpaired) electrons. The van der Waals surface area contributed by atoms with Crippen molar-refractivity contribution in [3.8, 4) is 0 Å². The first-order chi connectivity index (χ1) is 21.7. The molecule has 0 aliphatic heterocycles. The van der Waals surface area contributed by atoms with Crippen LogP contribution in [-0.2, 0) is 14.1 Å². The lowest BCUT2D eigenvalue weighted by atomic mass is 10.1. The molecule has 0 bridgehead atoms. The third kappa shape index (κ3) is 7.62. The van der Waals surface area contributed by atoms with Crippen molar-refractivity contribution in [2.75, 3.05) is 23.7 Å². The lowest BCUT2D eigenvalue weighted by Crippen LogP contribution is -2.38. The van der Waals surface area contributed by atoms with Gasteiger partial charge in [-0.15, -0.1) is 0 Å². The van der Waals surface area contributed by atoms with Gasteiger partial charge in [0.05, 0.1) is 16.9 Å². The van der Waals surface area contributed by atoms with Crippen molar-refractivity contribution in [3.63, 3.8) is 0 Å². The summed E-state index contributed by atoms with van der Waals surface area (Å²) < 4.78 is 3.21. The molecular weight excluding hydrogens is 570 g/mol. The van der Waals surface area contributed by atoms with Gasteiger partial charge < -0.3 is 36.1 Å². The van der Waals surface area contributed by atoms with Gasteiger partial charge in [-0.3, -0.25) is 24.8 Å². The van der Waals surface area contributed by atoms with Crippen molar-refractivity contribution in [2.24, 2.45) is 19.8 Å². The van der Waals surface area contributed by atoms with Crippen LogP contribution in [-0.4, -0.2) is 50.9 Å². The van der Waals surface area contributed by atoms with E-state index in [-0.39, 0.29) is 24.3 Å². The molecule has 0 spiro atoms. The fourth-order valence-corrected chi connectivity index (χ4v) is 4.70. The molecular formula is C33H33N9O3. The average molecular weight is 604 g/mol. The SMILES string of the molecule is Cn1cc(NC(=O)c2cc(NC(=O)c3ccc(/C=C/c4cnc5ccccc5c4)cc3)cn2C)cc1C(=O)NCCNC(=N)N. The first-order valence-electron chi connectivity index (χ1n) is 14.1. The minimum Gasteiger partial charge on any atom is -0.370 e. The number of rotatable bonds is 10. The number of fused-ring (bicyclic) bond motifs is 1. The van der Waals surface area contributed by atoms with Gasteiger partial charge in [0, 0.05) is 56.7 Å². The van der Waals surface area contributed by atoms with E-state index in [1.807, 2.05) is 54.7 Å². The van der Waals surface area contributed by atoms with Crippen LogP contribution in [0.3, 0.4) is 0 Å². The Morgan fingerprint density at radius 2 is 1.38 bits per heavy atom.